The first-order valence-electron chi connectivity index (χ1n) is 9.22. The molecule has 2 aromatic heterocycles. The summed E-state index contributed by atoms with van der Waals surface area (Å²) in [6.45, 7) is 6.40. The molecule has 0 spiro atoms. The maximum Gasteiger partial charge on any atom is 0.341 e. The van der Waals surface area contributed by atoms with Gasteiger partial charge in [0, 0.05) is 17.0 Å². The lowest BCUT2D eigenvalue weighted by molar-refractivity contribution is 0.506. The highest BCUT2D eigenvalue weighted by molar-refractivity contribution is 6.31. The number of hydrogen-bond acceptors (Lipinski definition) is 3. The third kappa shape index (κ3) is 3.36. The largest absolute Gasteiger partial charge is 0.404 e. The lowest BCUT2D eigenvalue weighted by atomic mass is 10.00. The van der Waals surface area contributed by atoms with E-state index in [4.69, 9.17) is 16.0 Å². The van der Waals surface area contributed by atoms with Crippen LogP contribution in [-0.2, 0) is 13.0 Å². The molecule has 0 bridgehead atoms. The minimum atomic E-state index is -0.314. The second-order valence-electron chi connectivity index (χ2n) is 7.17. The summed E-state index contributed by atoms with van der Waals surface area (Å²) in [6.07, 6.45) is 0.541. The predicted molar refractivity (Wildman–Crippen MR) is 112 cm³/mol. The lowest BCUT2D eigenvalue weighted by Gasteiger charge is -2.08. The normalized spacial score (nSPS) is 11.3. The van der Waals surface area contributed by atoms with Gasteiger partial charge in [-0.3, -0.25) is 0 Å². The molecular weight excluding hydrogens is 372 g/mol. The van der Waals surface area contributed by atoms with Crippen molar-refractivity contribution < 1.29 is 4.42 Å². The van der Waals surface area contributed by atoms with Crippen molar-refractivity contribution in [2.24, 2.45) is 0 Å². The Bertz CT molecular complexity index is 1220. The zero-order valence-corrected chi connectivity index (χ0v) is 16.9. The molecule has 5 heteroatoms. The second kappa shape index (κ2) is 7.28. The van der Waals surface area contributed by atoms with Crippen molar-refractivity contribution in [1.82, 2.24) is 9.78 Å². The number of rotatable bonds is 4. The monoisotopic (exact) mass is 392 g/mol. The fraction of sp³-hybridized carbons (Fsp3) is 0.217. The number of aryl methyl sites for hydroxylation is 3. The van der Waals surface area contributed by atoms with Gasteiger partial charge in [0.25, 0.3) is 0 Å². The first-order chi connectivity index (χ1) is 13.4. The number of fused-ring (bicyclic) bond motifs is 1. The molecule has 0 amide bonds. The zero-order valence-electron chi connectivity index (χ0n) is 16.1. The maximum atomic E-state index is 12.8. The van der Waals surface area contributed by atoms with Crippen LogP contribution in [0.15, 0.2) is 57.7 Å². The minimum Gasteiger partial charge on any atom is -0.404 e. The Morgan fingerprint density at radius 1 is 1.04 bits per heavy atom. The molecule has 0 radical (unpaired) electrons. The zero-order chi connectivity index (χ0) is 19.8. The predicted octanol–water partition coefficient (Wildman–Crippen LogP) is 5.21. The summed E-state index contributed by atoms with van der Waals surface area (Å²) in [5, 5.41) is 6.18. The molecule has 0 aliphatic heterocycles. The molecular formula is C23H21ClN2O2. The summed E-state index contributed by atoms with van der Waals surface area (Å²) in [6, 6.07) is 15.8. The Morgan fingerprint density at radius 2 is 1.75 bits per heavy atom. The topological polar surface area (TPSA) is 48.0 Å². The molecule has 0 aliphatic rings. The van der Waals surface area contributed by atoms with E-state index in [2.05, 4.69) is 17.2 Å². The molecule has 0 aliphatic carbocycles. The Labute approximate surface area is 168 Å². The fourth-order valence-electron chi connectivity index (χ4n) is 3.56. The van der Waals surface area contributed by atoms with Crippen LogP contribution in [0.5, 0.6) is 0 Å². The maximum absolute atomic E-state index is 12.8. The molecule has 0 unspecified atom stereocenters. The van der Waals surface area contributed by atoms with Crippen LogP contribution in [0.2, 0.25) is 5.02 Å². The van der Waals surface area contributed by atoms with E-state index in [-0.39, 0.29) is 5.63 Å². The number of nitrogens with zero attached hydrogens (tertiary/aromatic N) is 2. The fourth-order valence-corrected chi connectivity index (χ4v) is 3.75. The quantitative estimate of drug-likeness (QED) is 0.479. The second-order valence-corrected chi connectivity index (χ2v) is 7.58. The number of halogens is 1. The van der Waals surface area contributed by atoms with Gasteiger partial charge in [-0.05, 0) is 43.5 Å². The minimum absolute atomic E-state index is 0.314. The molecule has 0 fully saturated rings. The Morgan fingerprint density at radius 3 is 2.46 bits per heavy atom. The van der Waals surface area contributed by atoms with Crippen LogP contribution >= 0.6 is 11.6 Å². The van der Waals surface area contributed by atoms with Crippen molar-refractivity contribution in [3.8, 4) is 0 Å². The summed E-state index contributed by atoms with van der Waals surface area (Å²) in [4.78, 5) is 12.8. The summed E-state index contributed by atoms with van der Waals surface area (Å²) < 4.78 is 7.45. The van der Waals surface area contributed by atoms with Crippen molar-refractivity contribution in [2.45, 2.75) is 33.7 Å². The summed E-state index contributed by atoms with van der Waals surface area (Å²) in [5.74, 6) is 0. The first kappa shape index (κ1) is 18.5. The Balaban J connectivity index is 1.79. The van der Waals surface area contributed by atoms with Gasteiger partial charge < -0.3 is 4.42 Å². The van der Waals surface area contributed by atoms with Crippen LogP contribution in [0, 0.1) is 20.8 Å². The molecule has 0 saturated carbocycles. The van der Waals surface area contributed by atoms with Gasteiger partial charge in [0.05, 0.1) is 17.6 Å². The molecule has 28 heavy (non-hydrogen) atoms. The smallest absolute Gasteiger partial charge is 0.341 e. The van der Waals surface area contributed by atoms with Crippen LogP contribution in [-0.4, -0.2) is 9.78 Å². The van der Waals surface area contributed by atoms with E-state index in [1.807, 2.05) is 57.2 Å². The van der Waals surface area contributed by atoms with E-state index in [1.165, 1.54) is 5.56 Å². The van der Waals surface area contributed by atoms with Crippen molar-refractivity contribution in [1.29, 1.82) is 0 Å². The molecule has 0 atom stereocenters. The van der Waals surface area contributed by atoms with E-state index >= 15 is 0 Å². The molecule has 4 rings (SSSR count). The highest BCUT2D eigenvalue weighted by atomic mass is 35.5. The molecule has 2 heterocycles. The van der Waals surface area contributed by atoms with Gasteiger partial charge >= 0.3 is 5.63 Å². The van der Waals surface area contributed by atoms with Crippen LogP contribution in [0.3, 0.4) is 0 Å². The SMILES string of the molecule is Cc1ccc(Cc2c(C)c3c(C)nn(Cc4ccccc4Cl)c3oc2=O)cc1. The number of benzene rings is 2. The van der Waals surface area contributed by atoms with Gasteiger partial charge in [0.15, 0.2) is 0 Å². The first-order valence-corrected chi connectivity index (χ1v) is 9.60. The van der Waals surface area contributed by atoms with Gasteiger partial charge in [-0.1, -0.05) is 59.6 Å². The molecule has 4 aromatic rings. The third-order valence-corrected chi connectivity index (χ3v) is 5.49. The van der Waals surface area contributed by atoms with Crippen molar-refractivity contribution in [2.75, 3.05) is 0 Å². The van der Waals surface area contributed by atoms with E-state index in [9.17, 15) is 4.79 Å². The van der Waals surface area contributed by atoms with Crippen molar-refractivity contribution in [3.05, 3.63) is 97.5 Å². The highest BCUT2D eigenvalue weighted by Crippen LogP contribution is 2.26. The van der Waals surface area contributed by atoms with Gasteiger partial charge in [-0.15, -0.1) is 0 Å². The van der Waals surface area contributed by atoms with Crippen LogP contribution in [0.4, 0.5) is 0 Å². The Kier molecular flexibility index (Phi) is 4.82. The molecule has 4 nitrogen and oxygen atoms in total. The van der Waals surface area contributed by atoms with Crippen molar-refractivity contribution >= 4 is 22.7 Å². The molecule has 142 valence electrons. The highest BCUT2D eigenvalue weighted by Gasteiger charge is 2.19. The van der Waals surface area contributed by atoms with Gasteiger partial charge in [-0.25, -0.2) is 9.48 Å². The number of hydrogen-bond donors (Lipinski definition) is 0. The average Bonchev–Trinajstić information content (AvgIpc) is 2.97. The van der Waals surface area contributed by atoms with Gasteiger partial charge in [-0.2, -0.15) is 5.10 Å². The lowest BCUT2D eigenvalue weighted by Crippen LogP contribution is -2.12. The van der Waals surface area contributed by atoms with Gasteiger partial charge in [0.1, 0.15) is 0 Å². The molecule has 0 N–H and O–H groups in total. The Hall–Kier alpha value is -2.85. The molecule has 0 saturated heterocycles. The van der Waals surface area contributed by atoms with Crippen molar-refractivity contribution in [3.63, 3.8) is 0 Å². The summed E-state index contributed by atoms with van der Waals surface area (Å²) in [5.41, 5.74) is 5.83. The summed E-state index contributed by atoms with van der Waals surface area (Å²) in [7, 11) is 0. The molecule has 2 aromatic carbocycles. The van der Waals surface area contributed by atoms with E-state index in [1.54, 1.807) is 4.68 Å². The summed E-state index contributed by atoms with van der Waals surface area (Å²) >= 11 is 6.29. The van der Waals surface area contributed by atoms with E-state index < -0.39 is 0 Å². The average molecular weight is 393 g/mol. The van der Waals surface area contributed by atoms with E-state index in [0.29, 0.717) is 29.3 Å². The van der Waals surface area contributed by atoms with Gasteiger partial charge in [0.2, 0.25) is 5.71 Å². The van der Waals surface area contributed by atoms with Crippen LogP contribution < -0.4 is 5.63 Å². The van der Waals surface area contributed by atoms with Crippen LogP contribution in [0.25, 0.3) is 11.1 Å². The van der Waals surface area contributed by atoms with Crippen LogP contribution in [0.1, 0.15) is 33.5 Å². The van der Waals surface area contributed by atoms with E-state index in [0.717, 1.165) is 27.8 Å². The number of aromatic nitrogens is 2. The standard InChI is InChI=1S/C23H21ClN2O2/c1-14-8-10-17(11-9-14)12-19-15(2)21-16(3)25-26(22(21)28-23(19)27)13-18-6-4-5-7-20(18)24/h4-11H,12-13H2,1-3H3. The third-order valence-electron chi connectivity index (χ3n) is 5.12.